The topological polar surface area (TPSA) is 88.3 Å². The van der Waals surface area contributed by atoms with Gasteiger partial charge in [0, 0.05) is 20.0 Å². The van der Waals surface area contributed by atoms with Crippen molar-refractivity contribution in [3.05, 3.63) is 11.6 Å². The molecule has 0 aliphatic heterocycles. The highest BCUT2D eigenvalue weighted by Gasteiger charge is 2.29. The monoisotopic (exact) mass is 252 g/mol. The van der Waals surface area contributed by atoms with E-state index in [0.717, 1.165) is 18.7 Å². The molecule has 1 fully saturated rings. The fourth-order valence-electron chi connectivity index (χ4n) is 1.67. The van der Waals surface area contributed by atoms with Crippen molar-refractivity contribution < 1.29 is 14.7 Å². The van der Waals surface area contributed by atoms with Crippen molar-refractivity contribution >= 4 is 11.9 Å². The Labute approximate surface area is 104 Å². The highest BCUT2D eigenvalue weighted by molar-refractivity contribution is 5.82. The average Bonchev–Trinajstić information content (AvgIpc) is 3.04. The van der Waals surface area contributed by atoms with Gasteiger partial charge >= 0.3 is 5.97 Å². The van der Waals surface area contributed by atoms with Crippen molar-refractivity contribution in [2.45, 2.75) is 25.2 Å². The average molecular weight is 252 g/mol. The van der Waals surface area contributed by atoms with Crippen LogP contribution in [-0.4, -0.2) is 50.2 Å². The highest BCUT2D eigenvalue weighted by Crippen LogP contribution is 2.37. The van der Waals surface area contributed by atoms with Gasteiger partial charge in [-0.15, -0.1) is 0 Å². The zero-order valence-electron chi connectivity index (χ0n) is 10.5. The normalized spacial score (nSPS) is 14.6. The number of rotatable bonds is 5. The fourth-order valence-corrected chi connectivity index (χ4v) is 1.67. The van der Waals surface area contributed by atoms with Crippen LogP contribution in [0.4, 0.5) is 0 Å². The van der Waals surface area contributed by atoms with Gasteiger partial charge in [-0.2, -0.15) is 5.10 Å². The molecule has 0 saturated heterocycles. The van der Waals surface area contributed by atoms with Gasteiger partial charge in [0.2, 0.25) is 5.91 Å². The van der Waals surface area contributed by atoms with Gasteiger partial charge in [0.05, 0.1) is 6.42 Å². The molecule has 0 atom stereocenters. The van der Waals surface area contributed by atoms with E-state index in [-0.39, 0.29) is 18.9 Å². The van der Waals surface area contributed by atoms with Crippen LogP contribution < -0.4 is 0 Å². The third-order valence-electron chi connectivity index (χ3n) is 2.92. The number of hydrogen-bond donors (Lipinski definition) is 1. The molecule has 0 aromatic carbocycles. The number of aromatic nitrogens is 3. The highest BCUT2D eigenvalue weighted by atomic mass is 16.4. The summed E-state index contributed by atoms with van der Waals surface area (Å²) in [4.78, 5) is 27.8. The predicted octanol–water partition coefficient (Wildman–Crippen LogP) is -0.222. The Bertz CT molecular complexity index is 479. The first-order valence-corrected chi connectivity index (χ1v) is 5.83. The molecule has 1 aromatic rings. The van der Waals surface area contributed by atoms with Crippen LogP contribution in [0.5, 0.6) is 0 Å². The smallest absolute Gasteiger partial charge is 0.323 e. The van der Waals surface area contributed by atoms with E-state index in [4.69, 9.17) is 5.11 Å². The second kappa shape index (κ2) is 4.75. The van der Waals surface area contributed by atoms with E-state index in [1.807, 2.05) is 0 Å². The van der Waals surface area contributed by atoms with Crippen LogP contribution >= 0.6 is 0 Å². The first kappa shape index (κ1) is 12.5. The molecule has 0 radical (unpaired) electrons. The molecule has 1 saturated carbocycles. The molecule has 0 bridgehead atoms. The maximum absolute atomic E-state index is 11.8. The van der Waals surface area contributed by atoms with E-state index in [2.05, 4.69) is 10.1 Å². The van der Waals surface area contributed by atoms with E-state index in [1.165, 1.54) is 11.9 Å². The second-order valence-electron chi connectivity index (χ2n) is 4.60. The van der Waals surface area contributed by atoms with Gasteiger partial charge in [-0.25, -0.2) is 4.98 Å². The molecule has 1 aliphatic rings. The summed E-state index contributed by atoms with van der Waals surface area (Å²) in [6, 6.07) is 0. The summed E-state index contributed by atoms with van der Waals surface area (Å²) in [5.41, 5.74) is 0. The van der Waals surface area contributed by atoms with Crippen LogP contribution in [0.1, 0.15) is 30.4 Å². The molecule has 1 aliphatic carbocycles. The third kappa shape index (κ3) is 2.85. The number of aliphatic carboxylic acids is 1. The van der Waals surface area contributed by atoms with E-state index in [9.17, 15) is 9.59 Å². The number of amides is 1. The molecule has 18 heavy (non-hydrogen) atoms. The molecule has 1 amide bonds. The Morgan fingerprint density at radius 3 is 2.72 bits per heavy atom. The van der Waals surface area contributed by atoms with E-state index >= 15 is 0 Å². The van der Waals surface area contributed by atoms with Gasteiger partial charge in [0.25, 0.3) is 0 Å². The van der Waals surface area contributed by atoms with Crippen LogP contribution in [0, 0.1) is 0 Å². The number of carboxylic acids is 1. The Balaban J connectivity index is 1.99. The first-order valence-electron chi connectivity index (χ1n) is 5.83. The lowest BCUT2D eigenvalue weighted by molar-refractivity contribution is -0.143. The van der Waals surface area contributed by atoms with Crippen molar-refractivity contribution in [2.75, 3.05) is 13.6 Å². The number of carbonyl (C=O) groups is 2. The minimum atomic E-state index is -1.03. The van der Waals surface area contributed by atoms with Crippen LogP contribution in [0.3, 0.4) is 0 Å². The van der Waals surface area contributed by atoms with Gasteiger partial charge in [-0.1, -0.05) is 0 Å². The number of carbonyl (C=O) groups excluding carboxylic acids is 1. The summed E-state index contributed by atoms with van der Waals surface area (Å²) < 4.78 is 1.60. The van der Waals surface area contributed by atoms with Crippen LogP contribution in [-0.2, 0) is 23.1 Å². The van der Waals surface area contributed by atoms with E-state index in [0.29, 0.717) is 11.7 Å². The molecule has 1 aromatic heterocycles. The SMILES string of the molecule is CN(CC(=O)O)C(=O)Cc1nc(C2CC2)nn1C. The van der Waals surface area contributed by atoms with Crippen LogP contribution in [0.2, 0.25) is 0 Å². The Morgan fingerprint density at radius 1 is 1.50 bits per heavy atom. The Morgan fingerprint density at radius 2 is 2.17 bits per heavy atom. The molecular formula is C11H16N4O3. The van der Waals surface area contributed by atoms with Gasteiger partial charge in [-0.05, 0) is 12.8 Å². The van der Waals surface area contributed by atoms with E-state index < -0.39 is 5.97 Å². The Hall–Kier alpha value is -1.92. The van der Waals surface area contributed by atoms with Crippen LogP contribution in [0.25, 0.3) is 0 Å². The largest absolute Gasteiger partial charge is 0.480 e. The molecule has 7 nitrogen and oxygen atoms in total. The predicted molar refractivity (Wildman–Crippen MR) is 62.0 cm³/mol. The number of aryl methyl sites for hydroxylation is 1. The van der Waals surface area contributed by atoms with Crippen molar-refractivity contribution in [1.82, 2.24) is 19.7 Å². The first-order chi connectivity index (χ1) is 8.47. The fraction of sp³-hybridized carbons (Fsp3) is 0.636. The van der Waals surface area contributed by atoms with Crippen molar-refractivity contribution in [2.24, 2.45) is 7.05 Å². The van der Waals surface area contributed by atoms with Crippen molar-refractivity contribution in [1.29, 1.82) is 0 Å². The quantitative estimate of drug-likeness (QED) is 0.782. The summed E-state index contributed by atoms with van der Waals surface area (Å²) in [6.45, 7) is -0.299. The maximum Gasteiger partial charge on any atom is 0.323 e. The molecule has 98 valence electrons. The second-order valence-corrected chi connectivity index (χ2v) is 4.60. The summed E-state index contributed by atoms with van der Waals surface area (Å²) in [5.74, 6) is 0.523. The summed E-state index contributed by atoms with van der Waals surface area (Å²) >= 11 is 0. The summed E-state index contributed by atoms with van der Waals surface area (Å²) in [6.07, 6.45) is 2.30. The summed E-state index contributed by atoms with van der Waals surface area (Å²) in [5, 5.41) is 12.9. The molecule has 7 heteroatoms. The molecule has 2 rings (SSSR count). The van der Waals surface area contributed by atoms with Crippen molar-refractivity contribution in [3.8, 4) is 0 Å². The van der Waals surface area contributed by atoms with Crippen LogP contribution in [0.15, 0.2) is 0 Å². The van der Waals surface area contributed by atoms with Gasteiger partial charge in [0.1, 0.15) is 12.4 Å². The maximum atomic E-state index is 11.8. The molecule has 1 heterocycles. The third-order valence-corrected chi connectivity index (χ3v) is 2.92. The minimum Gasteiger partial charge on any atom is -0.480 e. The number of nitrogens with zero attached hydrogens (tertiary/aromatic N) is 4. The molecule has 0 unspecified atom stereocenters. The van der Waals surface area contributed by atoms with Crippen molar-refractivity contribution in [3.63, 3.8) is 0 Å². The number of carboxylic acid groups (broad SMARTS) is 1. The van der Waals surface area contributed by atoms with E-state index in [1.54, 1.807) is 11.7 Å². The van der Waals surface area contributed by atoms with Gasteiger partial charge in [-0.3, -0.25) is 14.3 Å². The summed E-state index contributed by atoms with van der Waals surface area (Å²) in [7, 11) is 3.22. The zero-order valence-corrected chi connectivity index (χ0v) is 10.5. The van der Waals surface area contributed by atoms with Gasteiger partial charge in [0.15, 0.2) is 5.82 Å². The zero-order chi connectivity index (χ0) is 13.3. The van der Waals surface area contributed by atoms with Gasteiger partial charge < -0.3 is 10.0 Å². The minimum absolute atomic E-state index is 0.0833. The molecule has 0 spiro atoms. The lowest BCUT2D eigenvalue weighted by Crippen LogP contribution is -2.33. The molecule has 1 N–H and O–H groups in total. The Kier molecular flexibility index (Phi) is 3.31. The number of hydrogen-bond acceptors (Lipinski definition) is 4. The standard InChI is InChI=1S/C11H16N4O3/c1-14(6-10(17)18)9(16)5-8-12-11(7-3-4-7)13-15(8)2/h7H,3-6H2,1-2H3,(H,17,18). The lowest BCUT2D eigenvalue weighted by Gasteiger charge is -2.13. The molecular weight excluding hydrogens is 236 g/mol. The lowest BCUT2D eigenvalue weighted by atomic mass is 10.3. The number of likely N-dealkylation sites (N-methyl/N-ethyl adjacent to an activating group) is 1.